The van der Waals surface area contributed by atoms with Gasteiger partial charge < -0.3 is 15.0 Å². The first-order chi connectivity index (χ1) is 13.0. The van der Waals surface area contributed by atoms with Gasteiger partial charge in [0, 0.05) is 37.3 Å². The molecule has 3 rings (SSSR count). The molecule has 27 heavy (non-hydrogen) atoms. The van der Waals surface area contributed by atoms with Gasteiger partial charge >= 0.3 is 0 Å². The van der Waals surface area contributed by atoms with Gasteiger partial charge in [-0.1, -0.05) is 17.7 Å². The molecule has 1 amide bonds. The summed E-state index contributed by atoms with van der Waals surface area (Å²) in [5.74, 6) is 0.195. The van der Waals surface area contributed by atoms with Crippen LogP contribution in [0.3, 0.4) is 0 Å². The number of rotatable bonds is 6. The zero-order chi connectivity index (χ0) is 19.4. The summed E-state index contributed by atoms with van der Waals surface area (Å²) >= 11 is 0. The lowest BCUT2D eigenvalue weighted by Crippen LogP contribution is -2.32. The minimum absolute atomic E-state index is 0.0913. The van der Waals surface area contributed by atoms with Crippen LogP contribution in [0.25, 0.3) is 0 Å². The summed E-state index contributed by atoms with van der Waals surface area (Å²) in [6.07, 6.45) is 2.42. The molecule has 0 fully saturated rings. The van der Waals surface area contributed by atoms with Crippen LogP contribution in [-0.2, 0) is 11.2 Å². The van der Waals surface area contributed by atoms with Crippen LogP contribution in [0.1, 0.15) is 24.0 Å². The largest absolute Gasteiger partial charge is 0.495 e. The Morgan fingerprint density at radius 3 is 2.85 bits per heavy atom. The minimum atomic E-state index is -0.498. The predicted molar refractivity (Wildman–Crippen MR) is 105 cm³/mol. The maximum atomic E-state index is 12.4. The SMILES string of the molecule is COc1ccc([N+](=O)[O-])cc1NC(=O)CCN1CCCc2cc(C)ccc21. The van der Waals surface area contributed by atoms with E-state index in [1.54, 1.807) is 0 Å². The van der Waals surface area contributed by atoms with Crippen LogP contribution in [0.2, 0.25) is 0 Å². The lowest BCUT2D eigenvalue weighted by atomic mass is 9.99. The van der Waals surface area contributed by atoms with Gasteiger partial charge in [-0.25, -0.2) is 0 Å². The Balaban J connectivity index is 1.66. The van der Waals surface area contributed by atoms with E-state index in [1.165, 1.54) is 42.1 Å². The van der Waals surface area contributed by atoms with Crippen molar-refractivity contribution in [1.29, 1.82) is 0 Å². The molecule has 1 aliphatic heterocycles. The number of anilines is 2. The molecule has 0 bridgehead atoms. The summed E-state index contributed by atoms with van der Waals surface area (Å²) in [7, 11) is 1.46. The lowest BCUT2D eigenvalue weighted by Gasteiger charge is -2.31. The van der Waals surface area contributed by atoms with Gasteiger partial charge in [-0.05, 0) is 37.5 Å². The molecule has 7 heteroatoms. The summed E-state index contributed by atoms with van der Waals surface area (Å²) in [5.41, 5.74) is 3.97. The Labute approximate surface area is 158 Å². The number of nitro groups is 1. The third-order valence-corrected chi connectivity index (χ3v) is 4.73. The Kier molecular flexibility index (Phi) is 5.59. The van der Waals surface area contributed by atoms with Crippen LogP contribution in [-0.4, -0.2) is 31.0 Å². The topological polar surface area (TPSA) is 84.7 Å². The number of hydrogen-bond acceptors (Lipinski definition) is 5. The number of non-ortho nitro benzene ring substituents is 1. The Morgan fingerprint density at radius 1 is 1.30 bits per heavy atom. The smallest absolute Gasteiger partial charge is 0.271 e. The van der Waals surface area contributed by atoms with E-state index in [9.17, 15) is 14.9 Å². The van der Waals surface area contributed by atoms with Gasteiger partial charge in [-0.3, -0.25) is 14.9 Å². The molecule has 0 aliphatic carbocycles. The number of ether oxygens (including phenoxy) is 1. The highest BCUT2D eigenvalue weighted by Gasteiger charge is 2.18. The van der Waals surface area contributed by atoms with Crippen LogP contribution in [0, 0.1) is 17.0 Å². The van der Waals surface area contributed by atoms with Crippen LogP contribution in [0.5, 0.6) is 5.75 Å². The van der Waals surface area contributed by atoms with E-state index in [4.69, 9.17) is 4.74 Å². The van der Waals surface area contributed by atoms with E-state index in [1.807, 2.05) is 0 Å². The Bertz CT molecular complexity index is 866. The minimum Gasteiger partial charge on any atom is -0.495 e. The third-order valence-electron chi connectivity index (χ3n) is 4.73. The van der Waals surface area contributed by atoms with E-state index in [-0.39, 0.29) is 11.6 Å². The molecule has 7 nitrogen and oxygen atoms in total. The van der Waals surface area contributed by atoms with Crippen LogP contribution in [0.4, 0.5) is 17.1 Å². The Morgan fingerprint density at radius 2 is 2.11 bits per heavy atom. The number of nitrogens with one attached hydrogen (secondary N) is 1. The van der Waals surface area contributed by atoms with Crippen molar-refractivity contribution >= 4 is 23.0 Å². The molecule has 0 spiro atoms. The summed E-state index contributed by atoms with van der Waals surface area (Å²) in [6.45, 7) is 3.60. The van der Waals surface area contributed by atoms with Crippen molar-refractivity contribution in [2.24, 2.45) is 0 Å². The van der Waals surface area contributed by atoms with Gasteiger partial charge in [0.15, 0.2) is 0 Å². The maximum absolute atomic E-state index is 12.4. The van der Waals surface area contributed by atoms with Crippen LogP contribution < -0.4 is 15.0 Å². The molecule has 142 valence electrons. The second-order valence-electron chi connectivity index (χ2n) is 6.66. The fraction of sp³-hybridized carbons (Fsp3) is 0.350. The van der Waals surface area contributed by atoms with E-state index < -0.39 is 4.92 Å². The number of carbonyl (C=O) groups excluding carboxylic acids is 1. The van der Waals surface area contributed by atoms with Gasteiger partial charge in [-0.15, -0.1) is 0 Å². The molecule has 1 heterocycles. The second kappa shape index (κ2) is 8.07. The number of benzene rings is 2. The average Bonchev–Trinajstić information content (AvgIpc) is 2.65. The highest BCUT2D eigenvalue weighted by Crippen LogP contribution is 2.30. The van der Waals surface area contributed by atoms with Crippen molar-refractivity contribution < 1.29 is 14.5 Å². The molecular formula is C20H23N3O4. The standard InChI is InChI=1S/C20H23N3O4/c1-14-5-7-18-15(12-14)4-3-10-22(18)11-9-20(24)21-17-13-16(23(25)26)6-8-19(17)27-2/h5-8,12-13H,3-4,9-11H2,1-2H3,(H,21,24). The maximum Gasteiger partial charge on any atom is 0.271 e. The van der Waals surface area contributed by atoms with E-state index >= 15 is 0 Å². The van der Waals surface area contributed by atoms with Crippen LogP contribution in [0.15, 0.2) is 36.4 Å². The fourth-order valence-electron chi connectivity index (χ4n) is 3.39. The number of hydrogen-bond donors (Lipinski definition) is 1. The number of amides is 1. The second-order valence-corrected chi connectivity index (χ2v) is 6.66. The molecule has 1 N–H and O–H groups in total. The molecule has 2 aromatic rings. The van der Waals surface area contributed by atoms with Crippen molar-refractivity contribution in [1.82, 2.24) is 0 Å². The predicted octanol–water partition coefficient (Wildman–Crippen LogP) is 3.69. The number of nitro benzene ring substituents is 1. The number of aryl methyl sites for hydroxylation is 2. The fourth-order valence-corrected chi connectivity index (χ4v) is 3.39. The first kappa shape index (κ1) is 18.7. The number of carbonyl (C=O) groups is 1. The van der Waals surface area contributed by atoms with E-state index in [2.05, 4.69) is 35.3 Å². The van der Waals surface area contributed by atoms with E-state index in [0.29, 0.717) is 24.4 Å². The van der Waals surface area contributed by atoms with Crippen molar-refractivity contribution in [3.05, 3.63) is 57.6 Å². The third kappa shape index (κ3) is 4.36. The average molecular weight is 369 g/mol. The molecule has 1 aliphatic rings. The summed E-state index contributed by atoms with van der Waals surface area (Å²) in [5, 5.41) is 13.7. The molecule has 0 saturated heterocycles. The number of methoxy groups -OCH3 is 1. The monoisotopic (exact) mass is 369 g/mol. The van der Waals surface area contributed by atoms with Crippen molar-refractivity contribution in [2.45, 2.75) is 26.2 Å². The number of nitrogens with zero attached hydrogens (tertiary/aromatic N) is 2. The molecular weight excluding hydrogens is 346 g/mol. The summed E-state index contributed by atoms with van der Waals surface area (Å²) in [4.78, 5) is 25.1. The zero-order valence-electron chi connectivity index (χ0n) is 15.5. The molecule has 0 aromatic heterocycles. The molecule has 0 radical (unpaired) electrons. The molecule has 0 saturated carbocycles. The highest BCUT2D eigenvalue weighted by atomic mass is 16.6. The Hall–Kier alpha value is -3.09. The normalized spacial score (nSPS) is 13.0. The van der Waals surface area contributed by atoms with Gasteiger partial charge in [0.2, 0.25) is 5.91 Å². The van der Waals surface area contributed by atoms with Gasteiger partial charge in [0.25, 0.3) is 5.69 Å². The van der Waals surface area contributed by atoms with Crippen LogP contribution >= 0.6 is 0 Å². The first-order valence-electron chi connectivity index (χ1n) is 8.94. The number of fused-ring (bicyclic) bond motifs is 1. The van der Waals surface area contributed by atoms with Crippen molar-refractivity contribution in [2.75, 3.05) is 30.4 Å². The molecule has 2 aromatic carbocycles. The van der Waals surface area contributed by atoms with Gasteiger partial charge in [0.1, 0.15) is 5.75 Å². The summed E-state index contributed by atoms with van der Waals surface area (Å²) in [6, 6.07) is 10.6. The lowest BCUT2D eigenvalue weighted by molar-refractivity contribution is -0.384. The highest BCUT2D eigenvalue weighted by molar-refractivity contribution is 5.93. The van der Waals surface area contributed by atoms with Gasteiger partial charge in [0.05, 0.1) is 17.7 Å². The van der Waals surface area contributed by atoms with Crippen molar-refractivity contribution in [3.63, 3.8) is 0 Å². The molecule has 0 unspecified atom stereocenters. The first-order valence-corrected chi connectivity index (χ1v) is 8.94. The quantitative estimate of drug-likeness (QED) is 0.620. The van der Waals surface area contributed by atoms with Crippen molar-refractivity contribution in [3.8, 4) is 5.75 Å². The summed E-state index contributed by atoms with van der Waals surface area (Å²) < 4.78 is 5.19. The van der Waals surface area contributed by atoms with Gasteiger partial charge in [-0.2, -0.15) is 0 Å². The molecule has 0 atom stereocenters. The van der Waals surface area contributed by atoms with E-state index in [0.717, 1.165) is 19.4 Å². The zero-order valence-corrected chi connectivity index (χ0v) is 15.5.